The first-order valence-corrected chi connectivity index (χ1v) is 8.46. The molecular formula is C17H37N3O. The van der Waals surface area contributed by atoms with Crippen LogP contribution < -0.4 is 5.32 Å². The second kappa shape index (κ2) is 8.47. The van der Waals surface area contributed by atoms with Crippen molar-refractivity contribution in [2.45, 2.75) is 58.7 Å². The van der Waals surface area contributed by atoms with Crippen LogP contribution in [0.1, 0.15) is 41.0 Å². The van der Waals surface area contributed by atoms with Gasteiger partial charge in [-0.2, -0.15) is 0 Å². The molecule has 0 aliphatic carbocycles. The summed E-state index contributed by atoms with van der Waals surface area (Å²) in [5.41, 5.74) is -0.0480. The molecule has 1 heterocycles. The van der Waals surface area contributed by atoms with Gasteiger partial charge in [-0.05, 0) is 40.2 Å². The molecule has 1 fully saturated rings. The monoisotopic (exact) mass is 299 g/mol. The van der Waals surface area contributed by atoms with Crippen molar-refractivity contribution in [3.63, 3.8) is 0 Å². The summed E-state index contributed by atoms with van der Waals surface area (Å²) in [5.74, 6) is 0.684. The van der Waals surface area contributed by atoms with E-state index in [1.807, 2.05) is 0 Å². The maximum Gasteiger partial charge on any atom is 0.0637 e. The van der Waals surface area contributed by atoms with Gasteiger partial charge < -0.3 is 15.0 Å². The van der Waals surface area contributed by atoms with Crippen molar-refractivity contribution in [2.75, 3.05) is 46.9 Å². The van der Waals surface area contributed by atoms with Crippen LogP contribution >= 0.6 is 0 Å². The number of methoxy groups -OCH3 is 1. The molecular weight excluding hydrogens is 262 g/mol. The summed E-state index contributed by atoms with van der Waals surface area (Å²) < 4.78 is 5.53. The fourth-order valence-corrected chi connectivity index (χ4v) is 3.15. The van der Waals surface area contributed by atoms with Gasteiger partial charge in [0, 0.05) is 51.9 Å². The zero-order valence-corrected chi connectivity index (χ0v) is 15.3. The van der Waals surface area contributed by atoms with Gasteiger partial charge >= 0.3 is 0 Å². The summed E-state index contributed by atoms with van der Waals surface area (Å²) in [5, 5.41) is 3.73. The molecule has 0 aromatic carbocycles. The van der Waals surface area contributed by atoms with E-state index in [1.54, 1.807) is 7.11 Å². The topological polar surface area (TPSA) is 27.7 Å². The SMILES string of the molecule is COC(C)(C)CC(C)NCC(C(C)C)N1CCN(C)CC1. The summed E-state index contributed by atoms with van der Waals surface area (Å²) >= 11 is 0. The molecule has 0 saturated carbocycles. The highest BCUT2D eigenvalue weighted by Gasteiger charge is 2.26. The van der Waals surface area contributed by atoms with Gasteiger partial charge in [0.15, 0.2) is 0 Å². The number of hydrogen-bond acceptors (Lipinski definition) is 4. The first-order chi connectivity index (χ1) is 9.75. The van der Waals surface area contributed by atoms with E-state index in [0.717, 1.165) is 13.0 Å². The Bertz CT molecular complexity index is 286. The minimum absolute atomic E-state index is 0.0480. The second-order valence-electron chi connectivity index (χ2n) is 7.63. The number of nitrogens with zero attached hydrogens (tertiary/aromatic N) is 2. The van der Waals surface area contributed by atoms with Crippen LogP contribution in [0.3, 0.4) is 0 Å². The van der Waals surface area contributed by atoms with Gasteiger partial charge in [-0.3, -0.25) is 4.90 Å². The lowest BCUT2D eigenvalue weighted by Crippen LogP contribution is -2.54. The Kier molecular flexibility index (Phi) is 7.62. The molecule has 1 N–H and O–H groups in total. The van der Waals surface area contributed by atoms with Crippen molar-refractivity contribution in [1.29, 1.82) is 0 Å². The van der Waals surface area contributed by atoms with Crippen LogP contribution in [0.15, 0.2) is 0 Å². The molecule has 0 bridgehead atoms. The lowest BCUT2D eigenvalue weighted by Gasteiger charge is -2.40. The Labute approximate surface area is 132 Å². The lowest BCUT2D eigenvalue weighted by atomic mass is 9.98. The quantitative estimate of drug-likeness (QED) is 0.742. The number of nitrogens with one attached hydrogen (secondary N) is 1. The molecule has 4 nitrogen and oxygen atoms in total. The van der Waals surface area contributed by atoms with E-state index < -0.39 is 0 Å². The summed E-state index contributed by atoms with van der Waals surface area (Å²) in [6, 6.07) is 1.11. The number of likely N-dealkylation sites (N-methyl/N-ethyl adjacent to an activating group) is 1. The molecule has 21 heavy (non-hydrogen) atoms. The third-order valence-corrected chi connectivity index (χ3v) is 4.80. The van der Waals surface area contributed by atoms with Gasteiger partial charge in [-0.15, -0.1) is 0 Å². The molecule has 0 amide bonds. The van der Waals surface area contributed by atoms with Crippen LogP contribution in [0.5, 0.6) is 0 Å². The molecule has 1 rings (SSSR count). The van der Waals surface area contributed by atoms with Gasteiger partial charge in [0.25, 0.3) is 0 Å². The van der Waals surface area contributed by atoms with E-state index >= 15 is 0 Å². The first-order valence-electron chi connectivity index (χ1n) is 8.46. The molecule has 2 unspecified atom stereocenters. The Hall–Kier alpha value is -0.160. The highest BCUT2D eigenvalue weighted by atomic mass is 16.5. The van der Waals surface area contributed by atoms with E-state index in [4.69, 9.17) is 4.74 Å². The normalized spacial score (nSPS) is 21.7. The van der Waals surface area contributed by atoms with E-state index in [9.17, 15) is 0 Å². The third kappa shape index (κ3) is 6.64. The smallest absolute Gasteiger partial charge is 0.0637 e. The largest absolute Gasteiger partial charge is 0.379 e. The molecule has 1 aliphatic rings. The first kappa shape index (κ1) is 18.9. The zero-order chi connectivity index (χ0) is 16.0. The summed E-state index contributed by atoms with van der Waals surface area (Å²) in [6.45, 7) is 17.1. The van der Waals surface area contributed by atoms with Crippen molar-refractivity contribution in [2.24, 2.45) is 5.92 Å². The number of rotatable bonds is 8. The fourth-order valence-electron chi connectivity index (χ4n) is 3.15. The van der Waals surface area contributed by atoms with Crippen LogP contribution in [-0.2, 0) is 4.74 Å². The summed E-state index contributed by atoms with van der Waals surface area (Å²) in [7, 11) is 4.02. The minimum Gasteiger partial charge on any atom is -0.379 e. The third-order valence-electron chi connectivity index (χ3n) is 4.80. The number of ether oxygens (including phenoxy) is 1. The molecule has 4 heteroatoms. The van der Waals surface area contributed by atoms with Crippen molar-refractivity contribution in [1.82, 2.24) is 15.1 Å². The van der Waals surface area contributed by atoms with Crippen molar-refractivity contribution < 1.29 is 4.74 Å². The Morgan fingerprint density at radius 2 is 1.67 bits per heavy atom. The Morgan fingerprint density at radius 1 is 1.10 bits per heavy atom. The molecule has 0 spiro atoms. The van der Waals surface area contributed by atoms with Gasteiger partial charge in [0.2, 0.25) is 0 Å². The highest BCUT2D eigenvalue weighted by molar-refractivity contribution is 4.83. The van der Waals surface area contributed by atoms with Crippen LogP contribution in [0.25, 0.3) is 0 Å². The fraction of sp³-hybridized carbons (Fsp3) is 1.00. The van der Waals surface area contributed by atoms with Gasteiger partial charge in [0.1, 0.15) is 0 Å². The Morgan fingerprint density at radius 3 is 2.14 bits per heavy atom. The number of piperazine rings is 1. The van der Waals surface area contributed by atoms with E-state index in [0.29, 0.717) is 18.0 Å². The molecule has 0 aromatic heterocycles. The van der Waals surface area contributed by atoms with Crippen LogP contribution in [0.4, 0.5) is 0 Å². The summed E-state index contributed by atoms with van der Waals surface area (Å²) in [6.07, 6.45) is 1.04. The van der Waals surface area contributed by atoms with Crippen LogP contribution in [-0.4, -0.2) is 74.4 Å². The second-order valence-corrected chi connectivity index (χ2v) is 7.63. The molecule has 126 valence electrons. The van der Waals surface area contributed by atoms with Crippen molar-refractivity contribution in [3.05, 3.63) is 0 Å². The van der Waals surface area contributed by atoms with Crippen molar-refractivity contribution in [3.8, 4) is 0 Å². The molecule has 0 aromatic rings. The predicted octanol–water partition coefficient (Wildman–Crippen LogP) is 2.05. The molecule has 1 saturated heterocycles. The molecule has 0 radical (unpaired) electrons. The number of hydrogen-bond donors (Lipinski definition) is 1. The summed E-state index contributed by atoms with van der Waals surface area (Å²) in [4.78, 5) is 5.08. The average Bonchev–Trinajstić information content (AvgIpc) is 2.40. The van der Waals surface area contributed by atoms with Gasteiger partial charge in [-0.25, -0.2) is 0 Å². The van der Waals surface area contributed by atoms with E-state index in [-0.39, 0.29) is 5.60 Å². The van der Waals surface area contributed by atoms with Crippen LogP contribution in [0, 0.1) is 5.92 Å². The Balaban J connectivity index is 2.44. The highest BCUT2D eigenvalue weighted by Crippen LogP contribution is 2.17. The van der Waals surface area contributed by atoms with E-state index in [1.165, 1.54) is 26.2 Å². The van der Waals surface area contributed by atoms with Crippen molar-refractivity contribution >= 4 is 0 Å². The zero-order valence-electron chi connectivity index (χ0n) is 15.3. The molecule has 2 atom stereocenters. The molecule has 1 aliphatic heterocycles. The maximum atomic E-state index is 5.53. The lowest BCUT2D eigenvalue weighted by molar-refractivity contribution is 0.00726. The van der Waals surface area contributed by atoms with E-state index in [2.05, 4.69) is 56.8 Å². The average molecular weight is 300 g/mol. The van der Waals surface area contributed by atoms with Gasteiger partial charge in [0.05, 0.1) is 5.60 Å². The predicted molar refractivity (Wildman–Crippen MR) is 90.9 cm³/mol. The minimum atomic E-state index is -0.0480. The standard InChI is InChI=1S/C17H37N3O/c1-14(2)16(20-10-8-19(6)9-11-20)13-18-15(3)12-17(4,5)21-7/h14-16,18H,8-13H2,1-7H3. The van der Waals surface area contributed by atoms with Gasteiger partial charge in [-0.1, -0.05) is 13.8 Å². The van der Waals surface area contributed by atoms with Crippen LogP contribution in [0.2, 0.25) is 0 Å². The maximum absolute atomic E-state index is 5.53.